The Morgan fingerprint density at radius 3 is 2.20 bits per heavy atom. The molecule has 5 aromatic rings. The molecular formula is C32H31FN6O. The van der Waals surface area contributed by atoms with Gasteiger partial charge in [-0.3, -0.25) is 4.79 Å². The average Bonchev–Trinajstić information content (AvgIpc) is 3.31. The highest BCUT2D eigenvalue weighted by atomic mass is 19.1. The zero-order valence-electron chi connectivity index (χ0n) is 22.7. The van der Waals surface area contributed by atoms with Crippen LogP contribution in [0.3, 0.4) is 0 Å². The van der Waals surface area contributed by atoms with Crippen LogP contribution in [-0.2, 0) is 17.6 Å². The molecule has 1 saturated heterocycles. The lowest BCUT2D eigenvalue weighted by Gasteiger charge is -2.36. The molecule has 40 heavy (non-hydrogen) atoms. The fourth-order valence-electron chi connectivity index (χ4n) is 5.21. The standard InChI is InChI=1S/C32H31FN6O/c1-22-8-10-24(11-9-22)20-28-34-31(30-23(2)36-39(32(30)35-28)27-6-4-3-5-7-27)38-18-16-37(17-19-38)29(40)21-25-12-14-26(33)15-13-25/h3-15H,16-21H2,1-2H3. The smallest absolute Gasteiger partial charge is 0.227 e. The monoisotopic (exact) mass is 534 g/mol. The molecule has 0 aliphatic carbocycles. The summed E-state index contributed by atoms with van der Waals surface area (Å²) in [5.41, 5.74) is 5.77. The fourth-order valence-corrected chi connectivity index (χ4v) is 5.21. The van der Waals surface area contributed by atoms with E-state index in [0.717, 1.165) is 45.2 Å². The van der Waals surface area contributed by atoms with E-state index >= 15 is 0 Å². The van der Waals surface area contributed by atoms with E-state index in [1.54, 1.807) is 12.1 Å². The van der Waals surface area contributed by atoms with Crippen molar-refractivity contribution in [2.75, 3.05) is 31.1 Å². The van der Waals surface area contributed by atoms with Gasteiger partial charge in [0.2, 0.25) is 5.91 Å². The topological polar surface area (TPSA) is 67.2 Å². The first-order chi connectivity index (χ1) is 19.4. The van der Waals surface area contributed by atoms with E-state index in [4.69, 9.17) is 15.1 Å². The molecule has 1 fully saturated rings. The van der Waals surface area contributed by atoms with E-state index in [0.29, 0.717) is 32.6 Å². The molecule has 7 nitrogen and oxygen atoms in total. The van der Waals surface area contributed by atoms with E-state index in [-0.39, 0.29) is 18.1 Å². The third-order valence-corrected chi connectivity index (χ3v) is 7.41. The molecular weight excluding hydrogens is 503 g/mol. The minimum absolute atomic E-state index is 0.0484. The number of benzene rings is 3. The SMILES string of the molecule is Cc1ccc(Cc2nc(N3CCN(C(=O)Cc4ccc(F)cc4)CC3)c3c(C)nn(-c4ccccc4)c3n2)cc1. The van der Waals surface area contributed by atoms with Crippen LogP contribution < -0.4 is 4.90 Å². The number of anilines is 1. The molecule has 0 spiro atoms. The predicted octanol–water partition coefficient (Wildman–Crippen LogP) is 5.05. The van der Waals surface area contributed by atoms with Crippen molar-refractivity contribution in [2.45, 2.75) is 26.7 Å². The highest BCUT2D eigenvalue weighted by Crippen LogP contribution is 2.30. The molecule has 1 amide bonds. The van der Waals surface area contributed by atoms with Gasteiger partial charge in [0.25, 0.3) is 0 Å². The molecule has 2 aromatic heterocycles. The highest BCUT2D eigenvalue weighted by Gasteiger charge is 2.26. The average molecular weight is 535 g/mol. The molecule has 3 aromatic carbocycles. The number of hydrogen-bond donors (Lipinski definition) is 0. The van der Waals surface area contributed by atoms with Crippen molar-refractivity contribution < 1.29 is 9.18 Å². The van der Waals surface area contributed by atoms with Crippen LogP contribution in [0, 0.1) is 19.7 Å². The van der Waals surface area contributed by atoms with Gasteiger partial charge >= 0.3 is 0 Å². The Labute approximate surface area is 232 Å². The van der Waals surface area contributed by atoms with Crippen LogP contribution in [0.15, 0.2) is 78.9 Å². The number of piperazine rings is 1. The maximum absolute atomic E-state index is 13.3. The second kappa shape index (κ2) is 10.9. The van der Waals surface area contributed by atoms with Crippen LogP contribution >= 0.6 is 0 Å². The third-order valence-electron chi connectivity index (χ3n) is 7.41. The van der Waals surface area contributed by atoms with Gasteiger partial charge in [0, 0.05) is 32.6 Å². The van der Waals surface area contributed by atoms with E-state index in [1.165, 1.54) is 17.7 Å². The van der Waals surface area contributed by atoms with Crippen LogP contribution in [0.5, 0.6) is 0 Å². The van der Waals surface area contributed by atoms with E-state index in [1.807, 2.05) is 46.8 Å². The van der Waals surface area contributed by atoms with Crippen molar-refractivity contribution in [1.29, 1.82) is 0 Å². The van der Waals surface area contributed by atoms with Gasteiger partial charge in [0.15, 0.2) is 5.65 Å². The predicted molar refractivity (Wildman–Crippen MR) is 154 cm³/mol. The number of aryl methyl sites for hydroxylation is 2. The Kier molecular flexibility index (Phi) is 6.99. The number of hydrogen-bond acceptors (Lipinski definition) is 5. The van der Waals surface area contributed by atoms with Gasteiger partial charge in [0.05, 0.1) is 23.2 Å². The molecule has 1 aliphatic heterocycles. The molecule has 3 heterocycles. The number of amides is 1. The molecule has 202 valence electrons. The summed E-state index contributed by atoms with van der Waals surface area (Å²) in [4.78, 5) is 27.2. The summed E-state index contributed by atoms with van der Waals surface area (Å²) in [7, 11) is 0. The number of nitrogens with zero attached hydrogens (tertiary/aromatic N) is 6. The van der Waals surface area contributed by atoms with E-state index in [2.05, 4.69) is 36.1 Å². The van der Waals surface area contributed by atoms with Crippen molar-refractivity contribution in [3.05, 3.63) is 113 Å². The minimum atomic E-state index is -0.298. The second-order valence-electron chi connectivity index (χ2n) is 10.3. The first-order valence-corrected chi connectivity index (χ1v) is 13.6. The van der Waals surface area contributed by atoms with Crippen LogP contribution in [-0.4, -0.2) is 56.7 Å². The minimum Gasteiger partial charge on any atom is -0.352 e. The van der Waals surface area contributed by atoms with Crippen LogP contribution in [0.25, 0.3) is 16.7 Å². The number of para-hydroxylation sites is 1. The lowest BCUT2D eigenvalue weighted by Crippen LogP contribution is -2.49. The van der Waals surface area contributed by atoms with Gasteiger partial charge in [-0.25, -0.2) is 19.0 Å². The number of aromatic nitrogens is 4. The molecule has 0 bridgehead atoms. The Balaban J connectivity index is 1.30. The van der Waals surface area contributed by atoms with Gasteiger partial charge in [-0.05, 0) is 49.2 Å². The van der Waals surface area contributed by atoms with Gasteiger partial charge in [-0.15, -0.1) is 0 Å². The summed E-state index contributed by atoms with van der Waals surface area (Å²) in [6.45, 7) is 6.56. The third kappa shape index (κ3) is 5.30. The Hall–Kier alpha value is -4.59. The van der Waals surface area contributed by atoms with Crippen LogP contribution in [0.2, 0.25) is 0 Å². The lowest BCUT2D eigenvalue weighted by atomic mass is 10.1. The zero-order chi connectivity index (χ0) is 27.6. The molecule has 0 radical (unpaired) electrons. The van der Waals surface area contributed by atoms with Gasteiger partial charge in [-0.1, -0.05) is 60.2 Å². The van der Waals surface area contributed by atoms with Crippen molar-refractivity contribution >= 4 is 22.8 Å². The van der Waals surface area contributed by atoms with E-state index < -0.39 is 0 Å². The maximum Gasteiger partial charge on any atom is 0.227 e. The quantitative estimate of drug-likeness (QED) is 0.305. The summed E-state index contributed by atoms with van der Waals surface area (Å²) in [5.74, 6) is 1.34. The number of fused-ring (bicyclic) bond motifs is 1. The second-order valence-corrected chi connectivity index (χ2v) is 10.3. The van der Waals surface area contributed by atoms with Crippen molar-refractivity contribution in [2.24, 2.45) is 0 Å². The summed E-state index contributed by atoms with van der Waals surface area (Å²) < 4.78 is 15.2. The first-order valence-electron chi connectivity index (χ1n) is 13.6. The lowest BCUT2D eigenvalue weighted by molar-refractivity contribution is -0.130. The normalized spacial score (nSPS) is 13.7. The van der Waals surface area contributed by atoms with Gasteiger partial charge in [0.1, 0.15) is 17.5 Å². The number of halogens is 1. The van der Waals surface area contributed by atoms with Crippen LogP contribution in [0.1, 0.15) is 28.2 Å². The van der Waals surface area contributed by atoms with Crippen molar-refractivity contribution in [3.63, 3.8) is 0 Å². The Bertz CT molecular complexity index is 1640. The molecule has 0 atom stereocenters. The number of rotatable bonds is 6. The van der Waals surface area contributed by atoms with Gasteiger partial charge < -0.3 is 9.80 Å². The van der Waals surface area contributed by atoms with Crippen molar-refractivity contribution in [3.8, 4) is 5.69 Å². The van der Waals surface area contributed by atoms with Crippen LogP contribution in [0.4, 0.5) is 10.2 Å². The Morgan fingerprint density at radius 1 is 0.825 bits per heavy atom. The zero-order valence-corrected chi connectivity index (χ0v) is 22.7. The summed E-state index contributed by atoms with van der Waals surface area (Å²) in [6, 6.07) is 24.6. The number of carbonyl (C=O) groups excluding carboxylic acids is 1. The molecule has 0 unspecified atom stereocenters. The molecule has 6 rings (SSSR count). The molecule has 1 aliphatic rings. The molecule has 0 N–H and O–H groups in total. The van der Waals surface area contributed by atoms with Crippen molar-refractivity contribution in [1.82, 2.24) is 24.6 Å². The number of carbonyl (C=O) groups is 1. The Morgan fingerprint density at radius 2 is 1.50 bits per heavy atom. The van der Waals surface area contributed by atoms with E-state index in [9.17, 15) is 9.18 Å². The highest BCUT2D eigenvalue weighted by molar-refractivity contribution is 5.91. The largest absolute Gasteiger partial charge is 0.352 e. The summed E-state index contributed by atoms with van der Waals surface area (Å²) in [5, 5.41) is 5.80. The maximum atomic E-state index is 13.3. The first kappa shape index (κ1) is 25.7. The fraction of sp³-hybridized carbons (Fsp3) is 0.250. The van der Waals surface area contributed by atoms with Gasteiger partial charge in [-0.2, -0.15) is 5.10 Å². The summed E-state index contributed by atoms with van der Waals surface area (Å²) in [6.07, 6.45) is 0.875. The molecule has 0 saturated carbocycles. The molecule has 8 heteroatoms. The summed E-state index contributed by atoms with van der Waals surface area (Å²) >= 11 is 0.